The molecule has 1 amide bonds. The lowest BCUT2D eigenvalue weighted by atomic mass is 10.1. The monoisotopic (exact) mass is 354 g/mol. The van der Waals surface area contributed by atoms with Gasteiger partial charge in [-0.1, -0.05) is 17.7 Å². The molecule has 24 heavy (non-hydrogen) atoms. The van der Waals surface area contributed by atoms with Gasteiger partial charge in [0.25, 0.3) is 0 Å². The minimum Gasteiger partial charge on any atom is -0.496 e. The highest BCUT2D eigenvalue weighted by Crippen LogP contribution is 2.20. The van der Waals surface area contributed by atoms with Crippen LogP contribution in [0.5, 0.6) is 5.75 Å². The fourth-order valence-electron chi connectivity index (χ4n) is 2.91. The number of rotatable bonds is 6. The Kier molecular flexibility index (Phi) is 6.23. The molecule has 1 aliphatic heterocycles. The van der Waals surface area contributed by atoms with Crippen LogP contribution in [0.4, 0.5) is 0 Å². The van der Waals surface area contributed by atoms with Gasteiger partial charge in [0.05, 0.1) is 18.6 Å². The molecule has 2 rings (SSSR count). The van der Waals surface area contributed by atoms with Crippen LogP contribution in [0.15, 0.2) is 18.2 Å². The summed E-state index contributed by atoms with van der Waals surface area (Å²) in [7, 11) is 0.470. The molecule has 1 atom stereocenters. The Morgan fingerprint density at radius 3 is 2.88 bits per heavy atom. The first-order valence-corrected chi connectivity index (χ1v) is 9.94. The summed E-state index contributed by atoms with van der Waals surface area (Å²) in [5.41, 5.74) is 2.20. The summed E-state index contributed by atoms with van der Waals surface area (Å²) in [6.07, 6.45) is 0.885. The van der Waals surface area contributed by atoms with Gasteiger partial charge in [-0.15, -0.1) is 0 Å². The number of nitrogens with zero attached hydrogens (tertiary/aromatic N) is 1. The van der Waals surface area contributed by atoms with E-state index in [0.717, 1.165) is 16.9 Å². The second-order valence-corrected chi connectivity index (χ2v) is 8.60. The zero-order valence-corrected chi connectivity index (χ0v) is 15.4. The van der Waals surface area contributed by atoms with Crippen LogP contribution in [0, 0.1) is 6.92 Å². The first-order chi connectivity index (χ1) is 11.3. The molecule has 0 aliphatic carbocycles. The van der Waals surface area contributed by atoms with Crippen LogP contribution in [0.3, 0.4) is 0 Å². The number of ether oxygens (including phenoxy) is 1. The molecule has 1 aliphatic rings. The molecule has 1 aromatic rings. The molecule has 0 saturated carbocycles. The number of carbonyl (C=O) groups excluding carboxylic acids is 1. The summed E-state index contributed by atoms with van der Waals surface area (Å²) in [5, 5.41) is 2.88. The third kappa shape index (κ3) is 5.21. The van der Waals surface area contributed by atoms with Crippen LogP contribution < -0.4 is 10.1 Å². The number of carbonyl (C=O) groups is 1. The summed E-state index contributed by atoms with van der Waals surface area (Å²) >= 11 is 0. The molecule has 1 heterocycles. The van der Waals surface area contributed by atoms with E-state index in [1.165, 1.54) is 0 Å². The number of methoxy groups -OCH3 is 1. The van der Waals surface area contributed by atoms with Crippen molar-refractivity contribution in [2.75, 3.05) is 38.8 Å². The largest absolute Gasteiger partial charge is 0.496 e. The third-order valence-corrected chi connectivity index (χ3v) is 6.10. The van der Waals surface area contributed by atoms with Crippen molar-refractivity contribution in [3.63, 3.8) is 0 Å². The first-order valence-electron chi connectivity index (χ1n) is 8.11. The maximum absolute atomic E-state index is 12.1. The molecule has 1 fully saturated rings. The van der Waals surface area contributed by atoms with Gasteiger partial charge in [-0.25, -0.2) is 8.42 Å². The standard InChI is InChI=1S/C17H26N2O4S/c1-13-4-5-16(23-3)14(10-13)6-7-18-17(20)11-15-12-24(21,22)9-8-19(15)2/h4-5,10,15H,6-9,11-12H2,1-3H3,(H,18,20). The Labute approximate surface area is 144 Å². The minimum atomic E-state index is -3.03. The zero-order valence-electron chi connectivity index (χ0n) is 14.5. The van der Waals surface area contributed by atoms with Crippen molar-refractivity contribution >= 4 is 15.7 Å². The van der Waals surface area contributed by atoms with Crippen LogP contribution in [-0.2, 0) is 21.1 Å². The van der Waals surface area contributed by atoms with Gasteiger partial charge < -0.3 is 15.0 Å². The third-order valence-electron chi connectivity index (χ3n) is 4.40. The Bertz CT molecular complexity index is 688. The maximum Gasteiger partial charge on any atom is 0.221 e. The van der Waals surface area contributed by atoms with Crippen LogP contribution in [-0.4, -0.2) is 64.0 Å². The van der Waals surface area contributed by atoms with Gasteiger partial charge in [-0.3, -0.25) is 4.79 Å². The van der Waals surface area contributed by atoms with Gasteiger partial charge in [-0.2, -0.15) is 0 Å². The van der Waals surface area contributed by atoms with Crippen LogP contribution in [0.1, 0.15) is 17.5 Å². The summed E-state index contributed by atoms with van der Waals surface area (Å²) < 4.78 is 28.8. The molecule has 0 radical (unpaired) electrons. The summed E-state index contributed by atoms with van der Waals surface area (Å²) in [4.78, 5) is 14.1. The molecule has 0 aromatic heterocycles. The average molecular weight is 354 g/mol. The van der Waals surface area contributed by atoms with Crippen molar-refractivity contribution in [1.82, 2.24) is 10.2 Å². The van der Waals surface area contributed by atoms with E-state index in [1.807, 2.05) is 37.1 Å². The van der Waals surface area contributed by atoms with E-state index in [9.17, 15) is 13.2 Å². The predicted molar refractivity (Wildman–Crippen MR) is 94.1 cm³/mol. The molecule has 1 aromatic carbocycles. The van der Waals surface area contributed by atoms with E-state index < -0.39 is 9.84 Å². The summed E-state index contributed by atoms with van der Waals surface area (Å²) in [5.74, 6) is 0.931. The van der Waals surface area contributed by atoms with Gasteiger partial charge in [0, 0.05) is 25.6 Å². The molecular weight excluding hydrogens is 328 g/mol. The van der Waals surface area contributed by atoms with Gasteiger partial charge in [0.15, 0.2) is 9.84 Å². The Balaban J connectivity index is 1.84. The average Bonchev–Trinajstić information content (AvgIpc) is 2.51. The number of sulfone groups is 1. The summed E-state index contributed by atoms with van der Waals surface area (Å²) in [6, 6.07) is 5.72. The van der Waals surface area contributed by atoms with E-state index >= 15 is 0 Å². The number of benzene rings is 1. The van der Waals surface area contributed by atoms with E-state index in [0.29, 0.717) is 19.5 Å². The molecule has 6 nitrogen and oxygen atoms in total. The minimum absolute atomic E-state index is 0.0582. The molecule has 0 bridgehead atoms. The van der Waals surface area contributed by atoms with Gasteiger partial charge in [0.2, 0.25) is 5.91 Å². The first kappa shape index (κ1) is 18.7. The molecule has 134 valence electrons. The molecule has 7 heteroatoms. The van der Waals surface area contributed by atoms with Crippen LogP contribution >= 0.6 is 0 Å². The lowest BCUT2D eigenvalue weighted by Gasteiger charge is -2.31. The van der Waals surface area contributed by atoms with Crippen molar-refractivity contribution < 1.29 is 17.9 Å². The van der Waals surface area contributed by atoms with Crippen LogP contribution in [0.2, 0.25) is 0 Å². The van der Waals surface area contributed by atoms with Crippen molar-refractivity contribution in [2.24, 2.45) is 0 Å². The van der Waals surface area contributed by atoms with Gasteiger partial charge >= 0.3 is 0 Å². The Hall–Kier alpha value is -1.60. The lowest BCUT2D eigenvalue weighted by molar-refractivity contribution is -0.122. The molecule has 1 saturated heterocycles. The quantitative estimate of drug-likeness (QED) is 0.817. The van der Waals surface area contributed by atoms with Crippen LogP contribution in [0.25, 0.3) is 0 Å². The molecule has 0 spiro atoms. The fourth-order valence-corrected chi connectivity index (χ4v) is 4.60. The second kappa shape index (κ2) is 7.98. The number of amides is 1. The SMILES string of the molecule is COc1ccc(C)cc1CCNC(=O)CC1CS(=O)(=O)CCN1C. The van der Waals surface area contributed by atoms with Crippen molar-refractivity contribution in [3.05, 3.63) is 29.3 Å². The van der Waals surface area contributed by atoms with Crippen molar-refractivity contribution in [3.8, 4) is 5.75 Å². The van der Waals surface area contributed by atoms with Gasteiger partial charge in [-0.05, 0) is 32.0 Å². The smallest absolute Gasteiger partial charge is 0.221 e. The Morgan fingerprint density at radius 2 is 2.17 bits per heavy atom. The maximum atomic E-state index is 12.1. The highest BCUT2D eigenvalue weighted by Gasteiger charge is 2.30. The predicted octanol–water partition coefficient (Wildman–Crippen LogP) is 0.781. The highest BCUT2D eigenvalue weighted by molar-refractivity contribution is 7.91. The van der Waals surface area contributed by atoms with Crippen molar-refractivity contribution in [2.45, 2.75) is 25.8 Å². The van der Waals surface area contributed by atoms with E-state index in [2.05, 4.69) is 5.32 Å². The fraction of sp³-hybridized carbons (Fsp3) is 0.588. The topological polar surface area (TPSA) is 75.7 Å². The van der Waals surface area contributed by atoms with E-state index in [4.69, 9.17) is 4.74 Å². The molecule has 1 N–H and O–H groups in total. The highest BCUT2D eigenvalue weighted by atomic mass is 32.2. The van der Waals surface area contributed by atoms with Gasteiger partial charge in [0.1, 0.15) is 5.75 Å². The van der Waals surface area contributed by atoms with E-state index in [-0.39, 0.29) is 29.9 Å². The lowest BCUT2D eigenvalue weighted by Crippen LogP contribution is -2.48. The van der Waals surface area contributed by atoms with E-state index in [1.54, 1.807) is 7.11 Å². The normalized spacial score (nSPS) is 20.5. The second-order valence-electron chi connectivity index (χ2n) is 6.37. The summed E-state index contributed by atoms with van der Waals surface area (Å²) in [6.45, 7) is 3.00. The number of aryl methyl sites for hydroxylation is 1. The number of hydrogen-bond acceptors (Lipinski definition) is 5. The number of hydrogen-bond donors (Lipinski definition) is 1. The Morgan fingerprint density at radius 1 is 1.42 bits per heavy atom. The number of nitrogens with one attached hydrogen (secondary N) is 1. The molecular formula is C17H26N2O4S. The van der Waals surface area contributed by atoms with Crippen molar-refractivity contribution in [1.29, 1.82) is 0 Å². The zero-order chi connectivity index (χ0) is 17.7. The molecule has 1 unspecified atom stereocenters.